The topological polar surface area (TPSA) is 132 Å². The molecule has 2 aliphatic rings. The average Bonchev–Trinajstić information content (AvgIpc) is 2.90. The number of ether oxygens (including phenoxy) is 3. The standard InChI is InChI=1S/C30H47N3O8/c1-8-23(18-25(35)39-20-40-27(37)29(2,3)4)31-26(36)22-10-9-15-33(19-22)24(34)12-11-21-13-16-32(17-14-21)28(38)41-30(5,6)7/h1,21-23H,9-20H2,2-7H3,(H,31,36)/t22-,23?/m1/s1. The smallest absolute Gasteiger partial charge is 0.410 e. The summed E-state index contributed by atoms with van der Waals surface area (Å²) in [4.78, 5) is 65.5. The number of nitrogens with one attached hydrogen (secondary N) is 1. The van der Waals surface area contributed by atoms with Crippen molar-refractivity contribution in [2.45, 2.75) is 98.1 Å². The third-order valence-corrected chi connectivity index (χ3v) is 7.09. The van der Waals surface area contributed by atoms with E-state index >= 15 is 0 Å². The van der Waals surface area contributed by atoms with Gasteiger partial charge in [0.05, 0.1) is 17.8 Å². The molecular formula is C30H47N3O8. The van der Waals surface area contributed by atoms with Gasteiger partial charge >= 0.3 is 18.0 Å². The van der Waals surface area contributed by atoms with Crippen molar-refractivity contribution < 1.29 is 38.2 Å². The molecule has 2 fully saturated rings. The highest BCUT2D eigenvalue weighted by molar-refractivity contribution is 5.82. The first kappa shape index (κ1) is 33.9. The molecule has 0 aromatic rings. The fraction of sp³-hybridized carbons (Fsp3) is 0.767. The van der Waals surface area contributed by atoms with E-state index in [4.69, 9.17) is 20.6 Å². The van der Waals surface area contributed by atoms with Crippen molar-refractivity contribution in [2.75, 3.05) is 33.0 Å². The van der Waals surface area contributed by atoms with E-state index in [0.717, 1.165) is 19.3 Å². The number of nitrogens with zero attached hydrogens (tertiary/aromatic N) is 2. The van der Waals surface area contributed by atoms with Crippen LogP contribution in [0.4, 0.5) is 4.79 Å². The first-order valence-electron chi connectivity index (χ1n) is 14.4. The molecule has 0 aromatic heterocycles. The van der Waals surface area contributed by atoms with Gasteiger partial charge in [0.25, 0.3) is 0 Å². The van der Waals surface area contributed by atoms with Gasteiger partial charge < -0.3 is 29.3 Å². The summed E-state index contributed by atoms with van der Waals surface area (Å²) >= 11 is 0. The van der Waals surface area contributed by atoms with Crippen LogP contribution in [0.1, 0.15) is 86.5 Å². The molecule has 230 valence electrons. The molecule has 0 spiro atoms. The van der Waals surface area contributed by atoms with E-state index < -0.39 is 41.7 Å². The second-order valence-corrected chi connectivity index (χ2v) is 12.9. The number of terminal acetylenes is 1. The Hall–Kier alpha value is -3.29. The number of carbonyl (C=O) groups excluding carboxylic acids is 5. The second kappa shape index (κ2) is 15.1. The van der Waals surface area contributed by atoms with Gasteiger partial charge in [0.2, 0.25) is 18.6 Å². The highest BCUT2D eigenvalue weighted by Crippen LogP contribution is 2.25. The summed E-state index contributed by atoms with van der Waals surface area (Å²) in [7, 11) is 0. The number of carbonyl (C=O) groups is 5. The molecule has 2 heterocycles. The highest BCUT2D eigenvalue weighted by atomic mass is 16.7. The van der Waals surface area contributed by atoms with Crippen molar-refractivity contribution in [3.63, 3.8) is 0 Å². The molecule has 1 N–H and O–H groups in total. The van der Waals surface area contributed by atoms with Crippen LogP contribution >= 0.6 is 0 Å². The fourth-order valence-corrected chi connectivity index (χ4v) is 4.67. The summed E-state index contributed by atoms with van der Waals surface area (Å²) in [6.45, 7) is 12.2. The molecule has 2 atom stereocenters. The Labute approximate surface area is 244 Å². The van der Waals surface area contributed by atoms with Gasteiger partial charge in [-0.15, -0.1) is 6.42 Å². The Morgan fingerprint density at radius 3 is 2.20 bits per heavy atom. The largest absolute Gasteiger partial charge is 0.444 e. The van der Waals surface area contributed by atoms with Crippen LogP contribution in [0.25, 0.3) is 0 Å². The minimum absolute atomic E-state index is 0.0129. The van der Waals surface area contributed by atoms with Gasteiger partial charge in [-0.1, -0.05) is 5.92 Å². The number of hydrogen-bond acceptors (Lipinski definition) is 8. The Kier molecular flexibility index (Phi) is 12.5. The van der Waals surface area contributed by atoms with Crippen molar-refractivity contribution >= 4 is 29.8 Å². The van der Waals surface area contributed by atoms with E-state index in [1.807, 2.05) is 20.8 Å². The third-order valence-electron chi connectivity index (χ3n) is 7.09. The normalized spacial score (nSPS) is 19.0. The Morgan fingerprint density at radius 2 is 1.61 bits per heavy atom. The third kappa shape index (κ3) is 12.0. The molecule has 11 nitrogen and oxygen atoms in total. The lowest BCUT2D eigenvalue weighted by atomic mass is 9.91. The van der Waals surface area contributed by atoms with Crippen LogP contribution in [-0.4, -0.2) is 84.3 Å². The maximum absolute atomic E-state index is 13.0. The van der Waals surface area contributed by atoms with Crippen molar-refractivity contribution in [3.8, 4) is 12.3 Å². The zero-order valence-electron chi connectivity index (χ0n) is 25.5. The summed E-state index contributed by atoms with van der Waals surface area (Å²) in [5.74, 6) is 0.805. The van der Waals surface area contributed by atoms with Gasteiger partial charge in [-0.25, -0.2) is 4.79 Å². The molecule has 11 heteroatoms. The summed E-state index contributed by atoms with van der Waals surface area (Å²) in [6.07, 6.45) is 9.05. The van der Waals surface area contributed by atoms with Gasteiger partial charge in [-0.2, -0.15) is 0 Å². The van der Waals surface area contributed by atoms with Crippen LogP contribution in [0.2, 0.25) is 0 Å². The minimum Gasteiger partial charge on any atom is -0.444 e. The quantitative estimate of drug-likeness (QED) is 0.251. The monoisotopic (exact) mass is 577 g/mol. The van der Waals surface area contributed by atoms with Crippen LogP contribution in [0.3, 0.4) is 0 Å². The number of amides is 3. The molecular weight excluding hydrogens is 530 g/mol. The number of likely N-dealkylation sites (tertiary alicyclic amines) is 2. The second-order valence-electron chi connectivity index (χ2n) is 12.9. The first-order chi connectivity index (χ1) is 19.1. The van der Waals surface area contributed by atoms with Crippen molar-refractivity contribution in [2.24, 2.45) is 17.3 Å². The van der Waals surface area contributed by atoms with Gasteiger partial charge in [0.15, 0.2) is 0 Å². The molecule has 0 bridgehead atoms. The van der Waals surface area contributed by atoms with E-state index in [1.165, 1.54) is 0 Å². The first-order valence-corrected chi connectivity index (χ1v) is 14.4. The molecule has 3 amide bonds. The van der Waals surface area contributed by atoms with Crippen LogP contribution in [0.5, 0.6) is 0 Å². The Morgan fingerprint density at radius 1 is 0.951 bits per heavy atom. The van der Waals surface area contributed by atoms with E-state index in [1.54, 1.807) is 30.6 Å². The highest BCUT2D eigenvalue weighted by Gasteiger charge is 2.31. The zero-order chi connectivity index (χ0) is 30.8. The Bertz CT molecular complexity index is 983. The van der Waals surface area contributed by atoms with E-state index in [0.29, 0.717) is 51.4 Å². The van der Waals surface area contributed by atoms with Crippen molar-refractivity contribution in [1.29, 1.82) is 0 Å². The number of piperidine rings is 2. The van der Waals surface area contributed by atoms with Crippen molar-refractivity contribution in [1.82, 2.24) is 15.1 Å². The maximum atomic E-state index is 13.0. The van der Waals surface area contributed by atoms with Gasteiger partial charge in [0.1, 0.15) is 11.6 Å². The molecule has 0 radical (unpaired) electrons. The lowest BCUT2D eigenvalue weighted by molar-refractivity contribution is -0.173. The molecule has 2 rings (SSSR count). The number of esters is 2. The molecule has 0 aliphatic carbocycles. The van der Waals surface area contributed by atoms with Crippen LogP contribution < -0.4 is 5.32 Å². The predicted octanol–water partition coefficient (Wildman–Crippen LogP) is 3.25. The number of rotatable bonds is 9. The number of hydrogen-bond donors (Lipinski definition) is 1. The lowest BCUT2D eigenvalue weighted by Crippen LogP contribution is -2.48. The van der Waals surface area contributed by atoms with E-state index in [2.05, 4.69) is 11.2 Å². The summed E-state index contributed by atoms with van der Waals surface area (Å²) in [6, 6.07) is -0.883. The van der Waals surface area contributed by atoms with Gasteiger partial charge in [-0.05, 0) is 79.6 Å². The van der Waals surface area contributed by atoms with E-state index in [-0.39, 0.29) is 24.3 Å². The fourth-order valence-electron chi connectivity index (χ4n) is 4.67. The van der Waals surface area contributed by atoms with Crippen molar-refractivity contribution in [3.05, 3.63) is 0 Å². The predicted molar refractivity (Wildman–Crippen MR) is 151 cm³/mol. The maximum Gasteiger partial charge on any atom is 0.410 e. The molecule has 0 aromatic carbocycles. The van der Waals surface area contributed by atoms with Crippen LogP contribution in [-0.2, 0) is 33.4 Å². The average molecular weight is 578 g/mol. The van der Waals surface area contributed by atoms with Crippen LogP contribution in [0, 0.1) is 29.6 Å². The molecule has 41 heavy (non-hydrogen) atoms. The van der Waals surface area contributed by atoms with Crippen LogP contribution in [0.15, 0.2) is 0 Å². The Balaban J connectivity index is 1.73. The molecule has 2 aliphatic heterocycles. The summed E-state index contributed by atoms with van der Waals surface area (Å²) < 4.78 is 15.3. The van der Waals surface area contributed by atoms with Gasteiger partial charge in [0, 0.05) is 32.6 Å². The summed E-state index contributed by atoms with van der Waals surface area (Å²) in [5.41, 5.74) is -1.25. The summed E-state index contributed by atoms with van der Waals surface area (Å²) in [5, 5.41) is 2.70. The lowest BCUT2D eigenvalue weighted by Gasteiger charge is -2.34. The molecule has 2 saturated heterocycles. The minimum atomic E-state index is -0.883. The zero-order valence-corrected chi connectivity index (χ0v) is 25.5. The molecule has 1 unspecified atom stereocenters. The molecule has 0 saturated carbocycles. The van der Waals surface area contributed by atoms with E-state index in [9.17, 15) is 24.0 Å². The SMILES string of the molecule is C#CC(CC(=O)OCOC(=O)C(C)(C)C)NC(=O)[C@@H]1CCCN(C(=O)CCC2CCN(C(=O)OC(C)(C)C)CC2)C1. The van der Waals surface area contributed by atoms with Gasteiger partial charge in [-0.3, -0.25) is 19.2 Å².